The van der Waals surface area contributed by atoms with E-state index in [0.29, 0.717) is 28.4 Å². The number of methoxy groups -OCH3 is 2. The van der Waals surface area contributed by atoms with Gasteiger partial charge in [-0.3, -0.25) is 14.5 Å². The Morgan fingerprint density at radius 3 is 2.68 bits per heavy atom. The molecule has 2 heterocycles. The molecule has 2 atom stereocenters. The van der Waals surface area contributed by atoms with Gasteiger partial charge in [0.15, 0.2) is 11.5 Å². The average Bonchev–Trinajstić information content (AvgIpc) is 3.29. The summed E-state index contributed by atoms with van der Waals surface area (Å²) >= 11 is 6.05. The number of hydrogen-bond acceptors (Lipinski definition) is 6. The Balaban J connectivity index is 1.66. The van der Waals surface area contributed by atoms with E-state index in [4.69, 9.17) is 25.8 Å². The fourth-order valence-corrected chi connectivity index (χ4v) is 4.16. The summed E-state index contributed by atoms with van der Waals surface area (Å²) in [5, 5.41) is 3.33. The van der Waals surface area contributed by atoms with E-state index in [0.717, 1.165) is 5.56 Å². The maximum Gasteiger partial charge on any atom is 0.344 e. The number of halogens is 1. The molecule has 2 aliphatic heterocycles. The third kappa shape index (κ3) is 3.57. The van der Waals surface area contributed by atoms with Crippen LogP contribution in [0.3, 0.4) is 0 Å². The third-order valence-electron chi connectivity index (χ3n) is 5.53. The first-order valence-corrected chi connectivity index (χ1v) is 10.1. The van der Waals surface area contributed by atoms with Crippen LogP contribution in [-0.4, -0.2) is 42.9 Å². The van der Waals surface area contributed by atoms with Gasteiger partial charge in [-0.2, -0.15) is 0 Å². The molecule has 2 aliphatic rings. The Bertz CT molecular complexity index is 1090. The lowest BCUT2D eigenvalue weighted by Crippen LogP contribution is -2.44. The number of rotatable bonds is 5. The first-order chi connectivity index (χ1) is 14.8. The number of fused-ring (bicyclic) bond motifs is 1. The summed E-state index contributed by atoms with van der Waals surface area (Å²) in [6.07, 6.45) is -0.543. The van der Waals surface area contributed by atoms with Crippen molar-refractivity contribution in [3.8, 4) is 11.5 Å². The first kappa shape index (κ1) is 21.0. The Kier molecular flexibility index (Phi) is 5.49. The zero-order chi connectivity index (χ0) is 22.3. The Hall–Kier alpha value is -3.26. The molecule has 9 heteroatoms. The molecule has 2 amide bonds. The van der Waals surface area contributed by atoms with E-state index in [1.54, 1.807) is 30.3 Å². The van der Waals surface area contributed by atoms with Gasteiger partial charge in [-0.1, -0.05) is 17.7 Å². The summed E-state index contributed by atoms with van der Waals surface area (Å²) in [6, 6.07) is 7.66. The number of amides is 2. The smallest absolute Gasteiger partial charge is 0.344 e. The van der Waals surface area contributed by atoms with Crippen LogP contribution in [0, 0.1) is 6.92 Å². The minimum atomic E-state index is -1.02. The van der Waals surface area contributed by atoms with Crippen molar-refractivity contribution in [1.82, 2.24) is 4.90 Å². The third-order valence-corrected chi connectivity index (χ3v) is 5.77. The molecule has 2 aromatic carbocycles. The van der Waals surface area contributed by atoms with Crippen molar-refractivity contribution in [3.05, 3.63) is 52.0 Å². The first-order valence-electron chi connectivity index (χ1n) is 9.69. The van der Waals surface area contributed by atoms with Crippen LogP contribution >= 0.6 is 11.6 Å². The Morgan fingerprint density at radius 2 is 1.97 bits per heavy atom. The molecule has 1 saturated heterocycles. The Morgan fingerprint density at radius 1 is 1.19 bits per heavy atom. The van der Waals surface area contributed by atoms with Crippen LogP contribution in [0.1, 0.15) is 40.6 Å². The van der Waals surface area contributed by atoms with E-state index in [1.165, 1.54) is 19.1 Å². The van der Waals surface area contributed by atoms with Crippen molar-refractivity contribution < 1.29 is 28.6 Å². The number of ether oxygens (including phenoxy) is 3. The van der Waals surface area contributed by atoms with Gasteiger partial charge in [0, 0.05) is 22.7 Å². The molecule has 31 heavy (non-hydrogen) atoms. The number of carbonyl (C=O) groups is 3. The van der Waals surface area contributed by atoms with Crippen LogP contribution in [-0.2, 0) is 14.3 Å². The van der Waals surface area contributed by atoms with Crippen LogP contribution in [0.15, 0.2) is 30.3 Å². The lowest BCUT2D eigenvalue weighted by atomic mass is 10.0. The fourth-order valence-electron chi connectivity index (χ4n) is 3.99. The van der Waals surface area contributed by atoms with Crippen molar-refractivity contribution in [2.45, 2.75) is 32.0 Å². The molecule has 0 radical (unpaired) electrons. The maximum atomic E-state index is 13.1. The van der Waals surface area contributed by atoms with E-state index in [9.17, 15) is 14.4 Å². The van der Waals surface area contributed by atoms with E-state index >= 15 is 0 Å². The molecule has 0 spiro atoms. The number of anilines is 1. The fraction of sp³-hybridized carbons (Fsp3) is 0.318. The summed E-state index contributed by atoms with van der Waals surface area (Å²) in [4.78, 5) is 39.7. The van der Waals surface area contributed by atoms with Gasteiger partial charge < -0.3 is 19.5 Å². The van der Waals surface area contributed by atoms with Gasteiger partial charge in [0.2, 0.25) is 18.0 Å². The van der Waals surface area contributed by atoms with Gasteiger partial charge >= 0.3 is 5.97 Å². The molecular formula is C22H21ClN2O6. The second kappa shape index (κ2) is 8.11. The van der Waals surface area contributed by atoms with Crippen LogP contribution in [0.25, 0.3) is 0 Å². The number of likely N-dealkylation sites (tertiary alicyclic amines) is 1. The normalized spacial score (nSPS) is 19.8. The molecule has 8 nitrogen and oxygen atoms in total. The highest BCUT2D eigenvalue weighted by Crippen LogP contribution is 2.45. The molecule has 0 aliphatic carbocycles. The van der Waals surface area contributed by atoms with E-state index in [2.05, 4.69) is 5.32 Å². The van der Waals surface area contributed by atoms with Crippen molar-refractivity contribution in [3.63, 3.8) is 0 Å². The number of esters is 1. The quantitative estimate of drug-likeness (QED) is 0.710. The van der Waals surface area contributed by atoms with Crippen molar-refractivity contribution in [2.24, 2.45) is 0 Å². The second-order valence-corrected chi connectivity index (χ2v) is 7.76. The average molecular weight is 445 g/mol. The Labute approximate surface area is 184 Å². The number of benzene rings is 2. The molecule has 0 saturated carbocycles. The number of cyclic esters (lactones) is 1. The molecule has 2 aromatic rings. The topological polar surface area (TPSA) is 94.2 Å². The minimum absolute atomic E-state index is 0.170. The minimum Gasteiger partial charge on any atom is -0.493 e. The van der Waals surface area contributed by atoms with Crippen LogP contribution in [0.4, 0.5) is 5.69 Å². The maximum absolute atomic E-state index is 13.1. The van der Waals surface area contributed by atoms with Gasteiger partial charge in [-0.25, -0.2) is 4.79 Å². The lowest BCUT2D eigenvalue weighted by Gasteiger charge is -2.29. The largest absolute Gasteiger partial charge is 0.493 e. The SMILES string of the molecule is COc1ccc2c(c1OC)C(=O)O[C@H]2N1C(=O)CC[C@@H]1C(=O)Nc1cc(Cl)ccc1C. The summed E-state index contributed by atoms with van der Waals surface area (Å²) < 4.78 is 16.1. The summed E-state index contributed by atoms with van der Waals surface area (Å²) in [7, 11) is 2.88. The van der Waals surface area contributed by atoms with Crippen molar-refractivity contribution in [2.75, 3.05) is 19.5 Å². The van der Waals surface area contributed by atoms with Gasteiger partial charge in [-0.15, -0.1) is 0 Å². The molecule has 162 valence electrons. The summed E-state index contributed by atoms with van der Waals surface area (Å²) in [6.45, 7) is 1.85. The molecule has 0 aromatic heterocycles. The number of hydrogen-bond donors (Lipinski definition) is 1. The second-order valence-electron chi connectivity index (χ2n) is 7.33. The van der Waals surface area contributed by atoms with E-state index in [1.807, 2.05) is 6.92 Å². The van der Waals surface area contributed by atoms with Crippen molar-refractivity contribution >= 4 is 35.1 Å². The highest BCUT2D eigenvalue weighted by molar-refractivity contribution is 6.31. The summed E-state index contributed by atoms with van der Waals surface area (Å²) in [5.74, 6) is -0.683. The predicted octanol–water partition coefficient (Wildman–Crippen LogP) is 3.46. The van der Waals surface area contributed by atoms with Gasteiger partial charge in [0.05, 0.1) is 14.2 Å². The van der Waals surface area contributed by atoms with Gasteiger partial charge in [0.25, 0.3) is 0 Å². The standard InChI is InChI=1S/C22H21ClN2O6/c1-11-4-5-12(23)10-14(11)24-20(27)15-7-9-17(26)25(15)21-13-6-8-16(29-2)19(30-3)18(13)22(28)31-21/h4-6,8,10,15,21H,7,9H2,1-3H3,(H,24,27)/t15-,21-/m1/s1. The molecule has 1 fully saturated rings. The predicted molar refractivity (Wildman–Crippen MR) is 112 cm³/mol. The zero-order valence-electron chi connectivity index (χ0n) is 17.2. The van der Waals surface area contributed by atoms with E-state index in [-0.39, 0.29) is 29.5 Å². The molecule has 0 bridgehead atoms. The monoisotopic (exact) mass is 444 g/mol. The summed E-state index contributed by atoms with van der Waals surface area (Å²) in [5.41, 5.74) is 2.04. The molecule has 4 rings (SSSR count). The van der Waals surface area contributed by atoms with Gasteiger partial charge in [0.1, 0.15) is 11.6 Å². The zero-order valence-corrected chi connectivity index (χ0v) is 18.0. The molecular weight excluding hydrogens is 424 g/mol. The number of nitrogens with one attached hydrogen (secondary N) is 1. The van der Waals surface area contributed by atoms with Crippen molar-refractivity contribution in [1.29, 1.82) is 0 Å². The highest BCUT2D eigenvalue weighted by Gasteiger charge is 2.47. The molecule has 0 unspecified atom stereocenters. The van der Waals surface area contributed by atoms with Gasteiger partial charge in [-0.05, 0) is 43.2 Å². The van der Waals surface area contributed by atoms with Crippen LogP contribution in [0.2, 0.25) is 5.02 Å². The number of carbonyl (C=O) groups excluding carboxylic acids is 3. The van der Waals surface area contributed by atoms with Crippen LogP contribution in [0.5, 0.6) is 11.5 Å². The van der Waals surface area contributed by atoms with E-state index < -0.39 is 18.2 Å². The lowest BCUT2D eigenvalue weighted by molar-refractivity contribution is -0.144. The van der Waals surface area contributed by atoms with Crippen LogP contribution < -0.4 is 14.8 Å². The highest BCUT2D eigenvalue weighted by atomic mass is 35.5. The number of aryl methyl sites for hydroxylation is 1. The molecule has 1 N–H and O–H groups in total. The number of nitrogens with zero attached hydrogens (tertiary/aromatic N) is 1.